The largest absolute Gasteiger partial charge is 0.333 e. The Balaban J connectivity index is 1.49. The first-order chi connectivity index (χ1) is 17.1. The zero-order valence-electron chi connectivity index (χ0n) is 18.9. The molecule has 0 atom stereocenters. The Morgan fingerprint density at radius 2 is 1.77 bits per heavy atom. The van der Waals surface area contributed by atoms with Crippen molar-refractivity contribution in [2.45, 2.75) is 26.3 Å². The van der Waals surface area contributed by atoms with Crippen molar-refractivity contribution in [3.05, 3.63) is 105 Å². The number of halogens is 2. The van der Waals surface area contributed by atoms with Crippen molar-refractivity contribution >= 4 is 15.9 Å². The summed E-state index contributed by atoms with van der Waals surface area (Å²) in [6.07, 6.45) is 3.32. The molecule has 0 aliphatic rings. The van der Waals surface area contributed by atoms with E-state index in [1.165, 1.54) is 10.6 Å². The minimum absolute atomic E-state index is 0.224. The Labute approximate surface area is 209 Å². The molecule has 9 heteroatoms. The SMILES string of the molecule is CCCc1cn(-c2c(F)cccc2Br)c(=O)n1Cc1ccc(-c2ccccc2-c2nn[nH]n2)cc1. The average molecular weight is 533 g/mol. The monoisotopic (exact) mass is 532 g/mol. The fourth-order valence-corrected chi connectivity index (χ4v) is 4.74. The maximum atomic E-state index is 14.6. The summed E-state index contributed by atoms with van der Waals surface area (Å²) in [4.78, 5) is 13.4. The molecule has 3 aromatic carbocycles. The third-order valence-corrected chi connectivity index (χ3v) is 6.51. The Hall–Kier alpha value is -3.85. The highest BCUT2D eigenvalue weighted by atomic mass is 79.9. The van der Waals surface area contributed by atoms with E-state index in [4.69, 9.17) is 0 Å². The van der Waals surface area contributed by atoms with E-state index in [0.29, 0.717) is 23.3 Å². The molecule has 0 radical (unpaired) electrons. The first-order valence-corrected chi connectivity index (χ1v) is 12.0. The molecule has 2 aromatic heterocycles. The zero-order chi connectivity index (χ0) is 24.4. The molecule has 7 nitrogen and oxygen atoms in total. The van der Waals surface area contributed by atoms with Crippen molar-refractivity contribution in [2.75, 3.05) is 0 Å². The average Bonchev–Trinajstić information content (AvgIpc) is 3.50. The van der Waals surface area contributed by atoms with Crippen LogP contribution in [-0.4, -0.2) is 29.8 Å². The Kier molecular flexibility index (Phi) is 6.41. The van der Waals surface area contributed by atoms with Crippen molar-refractivity contribution in [3.63, 3.8) is 0 Å². The lowest BCUT2D eigenvalue weighted by Gasteiger charge is -2.10. The number of aromatic nitrogens is 6. The van der Waals surface area contributed by atoms with Crippen LogP contribution in [0.3, 0.4) is 0 Å². The lowest BCUT2D eigenvalue weighted by Crippen LogP contribution is -2.25. The van der Waals surface area contributed by atoms with Gasteiger partial charge in [-0.1, -0.05) is 67.9 Å². The van der Waals surface area contributed by atoms with E-state index >= 15 is 0 Å². The lowest BCUT2D eigenvalue weighted by molar-refractivity contribution is 0.612. The van der Waals surface area contributed by atoms with Crippen molar-refractivity contribution in [3.8, 4) is 28.2 Å². The van der Waals surface area contributed by atoms with Crippen molar-refractivity contribution in [2.24, 2.45) is 0 Å². The van der Waals surface area contributed by atoms with Crippen LogP contribution in [0.1, 0.15) is 24.6 Å². The molecule has 0 spiro atoms. The summed E-state index contributed by atoms with van der Waals surface area (Å²) in [6.45, 7) is 2.45. The number of para-hydroxylation sites is 1. The van der Waals surface area contributed by atoms with Crippen LogP contribution >= 0.6 is 15.9 Å². The van der Waals surface area contributed by atoms with Gasteiger partial charge in [0.2, 0.25) is 5.82 Å². The van der Waals surface area contributed by atoms with E-state index in [1.807, 2.05) is 48.5 Å². The van der Waals surface area contributed by atoms with E-state index in [2.05, 4.69) is 43.5 Å². The number of H-pyrrole nitrogens is 1. The molecule has 5 rings (SSSR count). The highest BCUT2D eigenvalue weighted by Gasteiger charge is 2.17. The molecule has 0 saturated carbocycles. The molecular weight excluding hydrogens is 511 g/mol. The second-order valence-corrected chi connectivity index (χ2v) is 9.01. The predicted molar refractivity (Wildman–Crippen MR) is 136 cm³/mol. The van der Waals surface area contributed by atoms with E-state index in [1.54, 1.807) is 22.9 Å². The molecule has 0 aliphatic carbocycles. The van der Waals surface area contributed by atoms with Crippen LogP contribution in [0, 0.1) is 5.82 Å². The minimum atomic E-state index is -0.453. The molecule has 0 unspecified atom stereocenters. The molecular formula is C26H22BrFN6O. The highest BCUT2D eigenvalue weighted by molar-refractivity contribution is 9.10. The second-order valence-electron chi connectivity index (χ2n) is 8.16. The number of benzene rings is 3. The van der Waals surface area contributed by atoms with Crippen LogP contribution < -0.4 is 5.69 Å². The molecule has 1 N–H and O–H groups in total. The molecule has 0 fully saturated rings. The molecule has 0 amide bonds. The van der Waals surface area contributed by atoms with E-state index in [0.717, 1.165) is 34.4 Å². The number of imidazole rings is 1. The van der Waals surface area contributed by atoms with Crippen molar-refractivity contribution < 1.29 is 4.39 Å². The molecule has 176 valence electrons. The van der Waals surface area contributed by atoms with Gasteiger partial charge in [0.05, 0.1) is 6.54 Å². The number of hydrogen-bond acceptors (Lipinski definition) is 4. The third-order valence-electron chi connectivity index (χ3n) is 5.87. The maximum absolute atomic E-state index is 14.6. The number of hydrogen-bond donors (Lipinski definition) is 1. The minimum Gasteiger partial charge on any atom is -0.292 e. The molecule has 2 heterocycles. The zero-order valence-corrected chi connectivity index (χ0v) is 20.5. The first kappa shape index (κ1) is 22.9. The fraction of sp³-hybridized carbons (Fsp3) is 0.154. The summed E-state index contributed by atoms with van der Waals surface area (Å²) in [6, 6.07) is 20.6. The van der Waals surface area contributed by atoms with Crippen molar-refractivity contribution in [1.82, 2.24) is 29.8 Å². The molecule has 0 aliphatic heterocycles. The summed E-state index contributed by atoms with van der Waals surface area (Å²) in [5, 5.41) is 14.4. The number of aryl methyl sites for hydroxylation is 1. The third kappa shape index (κ3) is 4.46. The lowest BCUT2D eigenvalue weighted by atomic mass is 9.98. The standard InChI is InChI=1S/C26H22BrFN6O/c1-2-6-19-16-34(24-22(27)9-5-10-23(24)28)26(35)33(19)15-17-11-13-18(14-12-17)20-7-3-4-8-21(20)25-29-31-32-30-25/h3-5,7-14,16H,2,6,15H2,1H3,(H,29,30,31,32). The topological polar surface area (TPSA) is 81.4 Å². The fourth-order valence-electron chi connectivity index (χ4n) is 4.21. The Morgan fingerprint density at radius 3 is 2.46 bits per heavy atom. The smallest absolute Gasteiger partial charge is 0.292 e. The van der Waals surface area contributed by atoms with Crippen LogP contribution in [-0.2, 0) is 13.0 Å². The van der Waals surface area contributed by atoms with Crippen LogP contribution in [0.4, 0.5) is 4.39 Å². The van der Waals surface area contributed by atoms with Gasteiger partial charge in [-0.3, -0.25) is 9.13 Å². The van der Waals surface area contributed by atoms with Gasteiger partial charge < -0.3 is 0 Å². The first-order valence-electron chi connectivity index (χ1n) is 11.2. The van der Waals surface area contributed by atoms with Gasteiger partial charge in [0.1, 0.15) is 11.5 Å². The van der Waals surface area contributed by atoms with Gasteiger partial charge in [0, 0.05) is 21.9 Å². The maximum Gasteiger partial charge on any atom is 0.333 e. The molecule has 0 bridgehead atoms. The van der Waals surface area contributed by atoms with E-state index in [-0.39, 0.29) is 11.4 Å². The van der Waals surface area contributed by atoms with Crippen LogP contribution in [0.5, 0.6) is 0 Å². The quantitative estimate of drug-likeness (QED) is 0.304. The Morgan fingerprint density at radius 1 is 1.00 bits per heavy atom. The van der Waals surface area contributed by atoms with Gasteiger partial charge in [-0.05, 0) is 56.4 Å². The van der Waals surface area contributed by atoms with Crippen molar-refractivity contribution in [1.29, 1.82) is 0 Å². The normalized spacial score (nSPS) is 11.2. The summed E-state index contributed by atoms with van der Waals surface area (Å²) in [5.74, 6) is 0.0763. The summed E-state index contributed by atoms with van der Waals surface area (Å²) in [5.41, 5.74) is 4.65. The summed E-state index contributed by atoms with van der Waals surface area (Å²) in [7, 11) is 0. The Bertz CT molecular complexity index is 1500. The van der Waals surface area contributed by atoms with Gasteiger partial charge in [-0.25, -0.2) is 9.18 Å². The number of tetrazole rings is 1. The second kappa shape index (κ2) is 9.79. The number of nitrogens with zero attached hydrogens (tertiary/aromatic N) is 5. The van der Waals surface area contributed by atoms with Crippen LogP contribution in [0.2, 0.25) is 0 Å². The van der Waals surface area contributed by atoms with Gasteiger partial charge in [0.15, 0.2) is 0 Å². The van der Waals surface area contributed by atoms with Crippen LogP contribution in [0.15, 0.2) is 82.2 Å². The van der Waals surface area contributed by atoms with Gasteiger partial charge in [-0.15, -0.1) is 10.2 Å². The predicted octanol–water partition coefficient (Wildman–Crippen LogP) is 5.39. The number of aromatic amines is 1. The van der Waals surface area contributed by atoms with E-state index in [9.17, 15) is 9.18 Å². The number of rotatable bonds is 7. The summed E-state index contributed by atoms with van der Waals surface area (Å²) < 4.78 is 18.2. The summed E-state index contributed by atoms with van der Waals surface area (Å²) >= 11 is 3.38. The molecule has 5 aromatic rings. The van der Waals surface area contributed by atoms with Gasteiger partial charge in [0.25, 0.3) is 0 Å². The van der Waals surface area contributed by atoms with Gasteiger partial charge in [-0.2, -0.15) is 5.21 Å². The molecule has 0 saturated heterocycles. The number of nitrogens with one attached hydrogen (secondary N) is 1. The highest BCUT2D eigenvalue weighted by Crippen LogP contribution is 2.30. The van der Waals surface area contributed by atoms with Crippen LogP contribution in [0.25, 0.3) is 28.2 Å². The van der Waals surface area contributed by atoms with E-state index < -0.39 is 5.82 Å². The van der Waals surface area contributed by atoms with Gasteiger partial charge >= 0.3 is 5.69 Å². The molecule has 35 heavy (non-hydrogen) atoms.